The van der Waals surface area contributed by atoms with Crippen molar-refractivity contribution in [2.24, 2.45) is 0 Å². The zero-order chi connectivity index (χ0) is 13.9. The van der Waals surface area contributed by atoms with Crippen molar-refractivity contribution in [2.75, 3.05) is 19.0 Å². The number of rotatable bonds is 10. The lowest BCUT2D eigenvalue weighted by molar-refractivity contribution is -0.119. The fraction of sp³-hybridized carbons (Fsp3) is 0.769. The number of hydrogen-bond donors (Lipinski definition) is 1. The minimum Gasteiger partial charge on any atom is -0.375 e. The number of anilines is 1. The number of amides is 1. The van der Waals surface area contributed by atoms with Crippen LogP contribution in [0.5, 0.6) is 0 Å². The minimum absolute atomic E-state index is 0.0480. The van der Waals surface area contributed by atoms with Gasteiger partial charge in [-0.15, -0.1) is 10.2 Å². The average Bonchev–Trinajstić information content (AvgIpc) is 2.81. The summed E-state index contributed by atoms with van der Waals surface area (Å²) in [5, 5.41) is 12.2. The molecule has 1 rings (SSSR count). The Bertz CT molecular complexity index is 369. The smallest absolute Gasteiger partial charge is 0.252 e. The van der Waals surface area contributed by atoms with Crippen LogP contribution in [0.3, 0.4) is 0 Å². The molecule has 0 aliphatic heterocycles. The predicted molar refractivity (Wildman–Crippen MR) is 77.5 cm³/mol. The van der Waals surface area contributed by atoms with Gasteiger partial charge < -0.3 is 4.74 Å². The first-order valence-corrected chi connectivity index (χ1v) is 7.69. The van der Waals surface area contributed by atoms with E-state index in [1.54, 1.807) is 0 Å². The summed E-state index contributed by atoms with van der Waals surface area (Å²) in [6, 6.07) is 0. The fourth-order valence-corrected chi connectivity index (χ4v) is 2.55. The second-order valence-corrected chi connectivity index (χ2v) is 5.56. The van der Waals surface area contributed by atoms with Crippen LogP contribution in [0.25, 0.3) is 0 Å². The van der Waals surface area contributed by atoms with Gasteiger partial charge in [-0.1, -0.05) is 50.4 Å². The zero-order valence-electron chi connectivity index (χ0n) is 11.8. The van der Waals surface area contributed by atoms with E-state index in [-0.39, 0.29) is 12.5 Å². The van der Waals surface area contributed by atoms with Gasteiger partial charge in [0.25, 0.3) is 5.91 Å². The van der Waals surface area contributed by atoms with Gasteiger partial charge in [0.05, 0.1) is 0 Å². The van der Waals surface area contributed by atoms with Gasteiger partial charge in [-0.25, -0.2) is 0 Å². The number of carbonyl (C=O) groups is 1. The molecule has 0 bridgehead atoms. The van der Waals surface area contributed by atoms with E-state index < -0.39 is 0 Å². The van der Waals surface area contributed by atoms with Crippen LogP contribution in [0, 0.1) is 0 Å². The molecular weight excluding hydrogens is 262 g/mol. The van der Waals surface area contributed by atoms with Crippen molar-refractivity contribution in [3.8, 4) is 0 Å². The number of nitrogens with zero attached hydrogens (tertiary/aromatic N) is 2. The van der Waals surface area contributed by atoms with Gasteiger partial charge in [-0.3, -0.25) is 10.1 Å². The SMILES string of the molecule is CCCCCCCCc1nnc(NC(=O)COC)s1. The molecule has 0 aliphatic rings. The summed E-state index contributed by atoms with van der Waals surface area (Å²) in [6.45, 7) is 2.27. The third kappa shape index (κ3) is 7.22. The highest BCUT2D eigenvalue weighted by molar-refractivity contribution is 7.15. The first kappa shape index (κ1) is 16.0. The number of unbranched alkanes of at least 4 members (excludes halogenated alkanes) is 5. The first-order valence-electron chi connectivity index (χ1n) is 6.87. The van der Waals surface area contributed by atoms with E-state index >= 15 is 0 Å². The van der Waals surface area contributed by atoms with E-state index in [2.05, 4.69) is 22.4 Å². The van der Waals surface area contributed by atoms with E-state index in [4.69, 9.17) is 4.74 Å². The van der Waals surface area contributed by atoms with Crippen LogP contribution in [0.4, 0.5) is 5.13 Å². The second kappa shape index (κ2) is 9.86. The third-order valence-corrected chi connectivity index (χ3v) is 3.63. The van der Waals surface area contributed by atoms with Gasteiger partial charge in [-0.05, 0) is 6.42 Å². The number of ether oxygens (including phenoxy) is 1. The summed E-state index contributed by atoms with van der Waals surface area (Å²) >= 11 is 1.45. The summed E-state index contributed by atoms with van der Waals surface area (Å²) < 4.78 is 4.74. The molecule has 6 heteroatoms. The lowest BCUT2D eigenvalue weighted by Crippen LogP contribution is -2.16. The van der Waals surface area contributed by atoms with Crippen LogP contribution >= 0.6 is 11.3 Å². The Hall–Kier alpha value is -1.01. The van der Waals surface area contributed by atoms with Crippen LogP contribution < -0.4 is 5.32 Å². The summed E-state index contributed by atoms with van der Waals surface area (Å²) in [7, 11) is 1.49. The maximum absolute atomic E-state index is 11.3. The quantitative estimate of drug-likeness (QED) is 0.671. The molecule has 1 aromatic heterocycles. The Balaban J connectivity index is 2.18. The molecule has 19 heavy (non-hydrogen) atoms. The summed E-state index contributed by atoms with van der Waals surface area (Å²) in [6.07, 6.45) is 8.56. The molecule has 0 aliphatic carbocycles. The Labute approximate surface area is 118 Å². The molecule has 0 aromatic carbocycles. The van der Waals surface area contributed by atoms with E-state index in [1.807, 2.05) is 0 Å². The van der Waals surface area contributed by atoms with Crippen molar-refractivity contribution in [3.05, 3.63) is 5.01 Å². The largest absolute Gasteiger partial charge is 0.375 e. The monoisotopic (exact) mass is 285 g/mol. The molecule has 0 spiro atoms. The van der Waals surface area contributed by atoms with Crippen LogP contribution in [0.2, 0.25) is 0 Å². The molecule has 0 saturated carbocycles. The van der Waals surface area contributed by atoms with Crippen molar-refractivity contribution in [3.63, 3.8) is 0 Å². The number of hydrogen-bond acceptors (Lipinski definition) is 5. The molecule has 1 amide bonds. The topological polar surface area (TPSA) is 64.1 Å². The second-order valence-electron chi connectivity index (χ2n) is 4.50. The average molecular weight is 285 g/mol. The van der Waals surface area contributed by atoms with Gasteiger partial charge in [-0.2, -0.15) is 0 Å². The maximum atomic E-state index is 11.3. The number of carbonyl (C=O) groups excluding carboxylic acids is 1. The number of methoxy groups -OCH3 is 1. The number of aryl methyl sites for hydroxylation is 1. The van der Waals surface area contributed by atoms with Crippen molar-refractivity contribution in [2.45, 2.75) is 51.9 Å². The van der Waals surface area contributed by atoms with Gasteiger partial charge in [0.2, 0.25) is 5.13 Å². The molecule has 0 saturated heterocycles. The van der Waals surface area contributed by atoms with E-state index in [0.29, 0.717) is 5.13 Å². The zero-order valence-corrected chi connectivity index (χ0v) is 12.6. The molecule has 0 fully saturated rings. The van der Waals surface area contributed by atoms with Gasteiger partial charge in [0.15, 0.2) is 0 Å². The Morgan fingerprint density at radius 2 is 1.95 bits per heavy atom. The number of nitrogens with one attached hydrogen (secondary N) is 1. The van der Waals surface area contributed by atoms with Gasteiger partial charge in [0.1, 0.15) is 11.6 Å². The van der Waals surface area contributed by atoms with Gasteiger partial charge in [0, 0.05) is 13.5 Å². The predicted octanol–water partition coefficient (Wildman–Crippen LogP) is 3.03. The molecule has 108 valence electrons. The Kier molecular flexibility index (Phi) is 8.33. The van der Waals surface area contributed by atoms with Crippen LogP contribution in [-0.2, 0) is 16.0 Å². The molecule has 0 atom stereocenters. The lowest BCUT2D eigenvalue weighted by atomic mass is 10.1. The van der Waals surface area contributed by atoms with Crippen molar-refractivity contribution in [1.82, 2.24) is 10.2 Å². The minimum atomic E-state index is -0.190. The molecule has 5 nitrogen and oxygen atoms in total. The molecule has 0 radical (unpaired) electrons. The molecule has 1 heterocycles. The highest BCUT2D eigenvalue weighted by Crippen LogP contribution is 2.17. The summed E-state index contributed by atoms with van der Waals surface area (Å²) in [4.78, 5) is 11.3. The fourth-order valence-electron chi connectivity index (χ4n) is 1.75. The van der Waals surface area contributed by atoms with Crippen LogP contribution in [-0.4, -0.2) is 29.8 Å². The number of aromatic nitrogens is 2. The van der Waals surface area contributed by atoms with Crippen molar-refractivity contribution < 1.29 is 9.53 Å². The third-order valence-electron chi connectivity index (χ3n) is 2.73. The normalized spacial score (nSPS) is 10.6. The standard InChI is InChI=1S/C13H23N3O2S/c1-3-4-5-6-7-8-9-12-15-16-13(19-12)14-11(17)10-18-2/h3-10H2,1-2H3,(H,14,16,17). The highest BCUT2D eigenvalue weighted by Gasteiger charge is 2.07. The molecule has 1 aromatic rings. The van der Waals surface area contributed by atoms with Gasteiger partial charge >= 0.3 is 0 Å². The van der Waals surface area contributed by atoms with E-state index in [0.717, 1.165) is 17.8 Å². The first-order chi connectivity index (χ1) is 9.26. The van der Waals surface area contributed by atoms with Crippen molar-refractivity contribution in [1.29, 1.82) is 0 Å². The van der Waals surface area contributed by atoms with Crippen LogP contribution in [0.1, 0.15) is 50.5 Å². The molecular formula is C13H23N3O2S. The molecule has 1 N–H and O–H groups in total. The Morgan fingerprint density at radius 1 is 1.21 bits per heavy atom. The molecule has 0 unspecified atom stereocenters. The van der Waals surface area contributed by atoms with Crippen molar-refractivity contribution >= 4 is 22.4 Å². The van der Waals surface area contributed by atoms with E-state index in [1.165, 1.54) is 50.6 Å². The Morgan fingerprint density at radius 3 is 2.68 bits per heavy atom. The van der Waals surface area contributed by atoms with E-state index in [9.17, 15) is 4.79 Å². The summed E-state index contributed by atoms with van der Waals surface area (Å²) in [5.41, 5.74) is 0. The lowest BCUT2D eigenvalue weighted by Gasteiger charge is -1.98. The summed E-state index contributed by atoms with van der Waals surface area (Å²) in [5.74, 6) is -0.190. The highest BCUT2D eigenvalue weighted by atomic mass is 32.1. The van der Waals surface area contributed by atoms with Crippen LogP contribution in [0.15, 0.2) is 0 Å². The maximum Gasteiger partial charge on any atom is 0.252 e.